The highest BCUT2D eigenvalue weighted by Gasteiger charge is 2.40. The molecule has 2 aliphatic heterocycles. The number of likely N-dealkylation sites (tertiary alicyclic amines) is 2. The number of benzene rings is 1. The minimum atomic E-state index is -1.40. The van der Waals surface area contributed by atoms with Crippen molar-refractivity contribution in [1.82, 2.24) is 19.5 Å². The lowest BCUT2D eigenvalue weighted by atomic mass is 10.2. The lowest BCUT2D eigenvalue weighted by Crippen LogP contribution is -2.45. The Hall–Kier alpha value is -2.54. The summed E-state index contributed by atoms with van der Waals surface area (Å²) in [5, 5.41) is 14.5. The number of ether oxygens (including phenoxy) is 1. The summed E-state index contributed by atoms with van der Waals surface area (Å²) in [5.41, 5.74) is -0.814. The number of rotatable bonds is 9. The highest BCUT2D eigenvalue weighted by Crippen LogP contribution is 2.32. The number of urea groups is 1. The van der Waals surface area contributed by atoms with Crippen LogP contribution >= 0.6 is 23.1 Å². The number of fused-ring (bicyclic) bond motifs is 2. The summed E-state index contributed by atoms with van der Waals surface area (Å²) in [6.45, 7) is 2.83. The molecule has 2 amide bonds. The van der Waals surface area contributed by atoms with E-state index in [2.05, 4.69) is 31.9 Å². The van der Waals surface area contributed by atoms with Crippen molar-refractivity contribution in [2.45, 2.75) is 31.5 Å². The molecule has 2 bridgehead atoms. The molecule has 0 spiro atoms. The van der Waals surface area contributed by atoms with Gasteiger partial charge in [0, 0.05) is 43.3 Å². The number of carbonyl (C=O) groups is 2. The normalized spacial score (nSPS) is 20.0. The SMILES string of the molecule is CN1CC2CC1CN2CCCNC(=O)Nc1snc(OCc2c(F)cc(Cl)cc2F)c1C(=O)O. The van der Waals surface area contributed by atoms with Gasteiger partial charge in [-0.15, -0.1) is 0 Å². The number of aromatic carboxylic acids is 1. The number of nitrogens with zero attached hydrogens (tertiary/aromatic N) is 3. The number of hydrogen-bond acceptors (Lipinski definition) is 7. The van der Waals surface area contributed by atoms with Gasteiger partial charge in [-0.25, -0.2) is 18.4 Å². The third-order valence-corrected chi connectivity index (χ3v) is 7.06. The van der Waals surface area contributed by atoms with Crippen molar-refractivity contribution in [3.63, 3.8) is 0 Å². The Bertz CT molecular complexity index is 1060. The van der Waals surface area contributed by atoms with Crippen LogP contribution in [0.25, 0.3) is 0 Å². The quantitative estimate of drug-likeness (QED) is 0.440. The molecular weight excluding hydrogens is 492 g/mol. The third kappa shape index (κ3) is 5.40. The molecule has 2 saturated heterocycles. The number of aromatic nitrogens is 1. The van der Waals surface area contributed by atoms with Crippen LogP contribution in [-0.2, 0) is 6.61 Å². The number of halogens is 3. The van der Waals surface area contributed by atoms with Gasteiger partial charge in [0.25, 0.3) is 0 Å². The minimum Gasteiger partial charge on any atom is -0.477 e. The van der Waals surface area contributed by atoms with Gasteiger partial charge in [0.15, 0.2) is 5.56 Å². The van der Waals surface area contributed by atoms with Gasteiger partial charge < -0.3 is 20.1 Å². The fourth-order valence-corrected chi connectivity index (χ4v) is 5.27. The van der Waals surface area contributed by atoms with Crippen molar-refractivity contribution < 1.29 is 28.2 Å². The zero-order chi connectivity index (χ0) is 24.4. The molecule has 184 valence electrons. The number of likely N-dealkylation sites (N-methyl/N-ethyl adjacent to an activating group) is 1. The summed E-state index contributed by atoms with van der Waals surface area (Å²) < 4.78 is 37.0. The van der Waals surface area contributed by atoms with Crippen LogP contribution in [0.1, 0.15) is 28.8 Å². The first-order chi connectivity index (χ1) is 16.2. The number of amides is 2. The van der Waals surface area contributed by atoms with E-state index in [9.17, 15) is 23.5 Å². The first kappa shape index (κ1) is 24.6. The van der Waals surface area contributed by atoms with E-state index in [1.807, 2.05) is 0 Å². The molecule has 2 aromatic rings. The molecule has 2 aliphatic rings. The van der Waals surface area contributed by atoms with Crippen molar-refractivity contribution in [2.75, 3.05) is 38.5 Å². The smallest absolute Gasteiger partial charge is 0.344 e. The average molecular weight is 516 g/mol. The molecule has 13 heteroatoms. The van der Waals surface area contributed by atoms with Crippen LogP contribution in [0.4, 0.5) is 18.6 Å². The molecule has 4 rings (SSSR count). The summed E-state index contributed by atoms with van der Waals surface area (Å²) in [4.78, 5) is 28.8. The second-order valence-electron chi connectivity index (χ2n) is 8.35. The van der Waals surface area contributed by atoms with Crippen LogP contribution in [0.3, 0.4) is 0 Å². The Morgan fingerprint density at radius 2 is 2.03 bits per heavy atom. The Morgan fingerprint density at radius 1 is 1.29 bits per heavy atom. The molecule has 2 fully saturated rings. The fourth-order valence-electron chi connectivity index (χ4n) is 4.35. The van der Waals surface area contributed by atoms with Crippen LogP contribution < -0.4 is 15.4 Å². The zero-order valence-electron chi connectivity index (χ0n) is 18.3. The monoisotopic (exact) mass is 515 g/mol. The number of carboxylic acids is 1. The Morgan fingerprint density at radius 3 is 2.65 bits per heavy atom. The molecule has 2 atom stereocenters. The van der Waals surface area contributed by atoms with Crippen LogP contribution in [0.15, 0.2) is 12.1 Å². The summed E-state index contributed by atoms with van der Waals surface area (Å²) in [6, 6.07) is 2.47. The highest BCUT2D eigenvalue weighted by atomic mass is 35.5. The first-order valence-electron chi connectivity index (χ1n) is 10.7. The van der Waals surface area contributed by atoms with E-state index < -0.39 is 41.4 Å². The van der Waals surface area contributed by atoms with Crippen molar-refractivity contribution in [3.05, 3.63) is 39.9 Å². The van der Waals surface area contributed by atoms with Crippen LogP contribution in [0.5, 0.6) is 5.88 Å². The van der Waals surface area contributed by atoms with Crippen molar-refractivity contribution in [3.8, 4) is 5.88 Å². The van der Waals surface area contributed by atoms with Gasteiger partial charge in [-0.3, -0.25) is 10.2 Å². The van der Waals surface area contributed by atoms with Gasteiger partial charge in [0.2, 0.25) is 5.88 Å². The molecule has 34 heavy (non-hydrogen) atoms. The second-order valence-corrected chi connectivity index (χ2v) is 9.56. The van der Waals surface area contributed by atoms with Gasteiger partial charge in [0.05, 0.1) is 5.56 Å². The van der Waals surface area contributed by atoms with E-state index in [1.165, 1.54) is 6.42 Å². The molecule has 3 heterocycles. The van der Waals surface area contributed by atoms with Gasteiger partial charge in [-0.2, -0.15) is 4.37 Å². The predicted octanol–water partition coefficient (Wildman–Crippen LogP) is 3.25. The van der Waals surface area contributed by atoms with Crippen molar-refractivity contribution >= 4 is 40.1 Å². The molecule has 2 unspecified atom stereocenters. The van der Waals surface area contributed by atoms with Crippen molar-refractivity contribution in [1.29, 1.82) is 0 Å². The van der Waals surface area contributed by atoms with Gasteiger partial charge in [-0.05, 0) is 43.6 Å². The van der Waals surface area contributed by atoms with Crippen molar-refractivity contribution in [2.24, 2.45) is 0 Å². The number of carboxylic acid groups (broad SMARTS) is 1. The summed E-state index contributed by atoms with van der Waals surface area (Å²) in [7, 11) is 2.14. The second kappa shape index (κ2) is 10.4. The topological polar surface area (TPSA) is 107 Å². The van der Waals surface area contributed by atoms with Crippen LogP contribution in [0.2, 0.25) is 5.02 Å². The van der Waals surface area contributed by atoms with E-state index in [1.54, 1.807) is 0 Å². The maximum atomic E-state index is 13.9. The molecule has 0 radical (unpaired) electrons. The maximum Gasteiger partial charge on any atom is 0.344 e. The molecular formula is C21H24ClF2N5O4S. The first-order valence-corrected chi connectivity index (χ1v) is 11.9. The molecule has 9 nitrogen and oxygen atoms in total. The molecule has 0 aliphatic carbocycles. The average Bonchev–Trinajstić information content (AvgIpc) is 3.44. The van der Waals surface area contributed by atoms with E-state index >= 15 is 0 Å². The zero-order valence-corrected chi connectivity index (χ0v) is 19.9. The summed E-state index contributed by atoms with van der Waals surface area (Å²) in [6.07, 6.45) is 1.96. The lowest BCUT2D eigenvalue weighted by Gasteiger charge is -2.31. The molecule has 0 saturated carbocycles. The standard InChI is InChI=1S/C21H24ClF2N5O4S/c1-28-8-13-7-12(28)9-29(13)4-2-3-25-21(32)26-19-17(20(30)31)18(27-34-19)33-10-14-15(23)5-11(22)6-16(14)24/h5-6,12-13H,2-4,7-10H2,1H3,(H,30,31)(H2,25,26,32). The van der Waals surface area contributed by atoms with E-state index in [4.69, 9.17) is 16.3 Å². The summed E-state index contributed by atoms with van der Waals surface area (Å²) >= 11 is 6.29. The Balaban J connectivity index is 1.28. The molecule has 3 N–H and O–H groups in total. The van der Waals surface area contributed by atoms with E-state index in [0.717, 1.165) is 38.2 Å². The van der Waals surface area contributed by atoms with Gasteiger partial charge in [0.1, 0.15) is 23.2 Å². The minimum absolute atomic E-state index is 0.0445. The number of piperazine rings is 1. The highest BCUT2D eigenvalue weighted by molar-refractivity contribution is 7.11. The van der Waals surface area contributed by atoms with Gasteiger partial charge in [-0.1, -0.05) is 11.6 Å². The van der Waals surface area contributed by atoms with E-state index in [0.29, 0.717) is 30.2 Å². The van der Waals surface area contributed by atoms with Gasteiger partial charge >= 0.3 is 12.0 Å². The Labute approximate surface area is 203 Å². The van der Waals surface area contributed by atoms with Crippen LogP contribution in [-0.4, -0.2) is 76.6 Å². The largest absolute Gasteiger partial charge is 0.477 e. The summed E-state index contributed by atoms with van der Waals surface area (Å²) in [5.74, 6) is -3.60. The maximum absolute atomic E-state index is 13.9. The number of carbonyl (C=O) groups excluding carboxylic acids is 1. The number of nitrogens with one attached hydrogen (secondary N) is 2. The number of hydrogen-bond donors (Lipinski definition) is 3. The predicted molar refractivity (Wildman–Crippen MR) is 123 cm³/mol. The molecule has 1 aromatic carbocycles. The third-order valence-electron chi connectivity index (χ3n) is 6.10. The van der Waals surface area contributed by atoms with Crippen LogP contribution in [0, 0.1) is 11.6 Å². The Kier molecular flexibility index (Phi) is 7.51. The lowest BCUT2D eigenvalue weighted by molar-refractivity contribution is 0.0693. The molecule has 1 aromatic heterocycles. The van der Waals surface area contributed by atoms with E-state index in [-0.39, 0.29) is 15.9 Å². The number of anilines is 1. The fraction of sp³-hybridized carbons (Fsp3) is 0.476.